The summed E-state index contributed by atoms with van der Waals surface area (Å²) in [5, 5.41) is 17.5. The number of nitrogens with zero attached hydrogens (tertiary/aromatic N) is 6. The number of carbonyl (C=O) groups is 4. The van der Waals surface area contributed by atoms with E-state index in [-0.39, 0.29) is 53.5 Å². The fourth-order valence-electron chi connectivity index (χ4n) is 9.39. The monoisotopic (exact) mass is 791 g/mol. The summed E-state index contributed by atoms with van der Waals surface area (Å²) in [4.78, 5) is 65.1. The number of anilines is 2. The lowest BCUT2D eigenvalue weighted by atomic mass is 9.49. The molecule has 4 amide bonds. The van der Waals surface area contributed by atoms with Crippen LogP contribution in [-0.2, 0) is 9.59 Å². The van der Waals surface area contributed by atoms with Crippen molar-refractivity contribution in [2.24, 2.45) is 16.7 Å². The number of piperidine rings is 2. The van der Waals surface area contributed by atoms with Gasteiger partial charge in [-0.05, 0) is 61.6 Å². The molecule has 3 aromatic rings. The highest BCUT2D eigenvalue weighted by atomic mass is 16.5. The fourth-order valence-corrected chi connectivity index (χ4v) is 9.39. The van der Waals surface area contributed by atoms with E-state index >= 15 is 0 Å². The Morgan fingerprint density at radius 1 is 0.862 bits per heavy atom. The number of nitriles is 1. The molecule has 1 unspecified atom stereocenters. The van der Waals surface area contributed by atoms with Gasteiger partial charge in [0.15, 0.2) is 0 Å². The van der Waals surface area contributed by atoms with Crippen LogP contribution in [0.4, 0.5) is 11.4 Å². The molecule has 1 aliphatic carbocycles. The third-order valence-electron chi connectivity index (χ3n) is 12.4. The average molecular weight is 792 g/mol. The van der Waals surface area contributed by atoms with Crippen LogP contribution in [0.2, 0.25) is 0 Å². The fraction of sp³-hybridized carbons (Fsp3) is 0.512. The van der Waals surface area contributed by atoms with E-state index in [9.17, 15) is 24.4 Å². The first-order valence-corrected chi connectivity index (χ1v) is 20.1. The number of imide groups is 1. The number of hydrogen-bond donors (Lipinski definition) is 3. The van der Waals surface area contributed by atoms with Crippen LogP contribution in [0.5, 0.6) is 11.5 Å². The molecule has 3 saturated heterocycles. The second kappa shape index (κ2) is 16.6. The zero-order valence-corrected chi connectivity index (χ0v) is 33.9. The van der Waals surface area contributed by atoms with Crippen molar-refractivity contribution in [2.45, 2.75) is 71.6 Å². The van der Waals surface area contributed by atoms with Crippen molar-refractivity contribution in [1.29, 1.82) is 5.26 Å². The van der Waals surface area contributed by atoms with Gasteiger partial charge in [0.05, 0.1) is 30.8 Å². The summed E-state index contributed by atoms with van der Waals surface area (Å²) in [5.74, 6) is 0.202. The Hall–Kier alpha value is -5.75. The SMILES string of the molecule is COc1cc(OC2C(C)(C)C(NC(=O)c3ccc(N4CCC(CN5CCN(c6cnc(C(=O)NC7CCC(=O)NC7=O)nc6)CC5)CC4)cc3)C2(C)C)ccc1C#N. The molecule has 3 aliphatic heterocycles. The number of amides is 4. The first kappa shape index (κ1) is 40.4. The minimum atomic E-state index is -0.773. The lowest BCUT2D eigenvalue weighted by molar-refractivity contribution is -0.164. The molecule has 0 spiro atoms. The van der Waals surface area contributed by atoms with Crippen LogP contribution in [0.1, 0.15) is 79.9 Å². The quantitative estimate of drug-likeness (QED) is 0.241. The van der Waals surface area contributed by atoms with Crippen molar-refractivity contribution in [3.8, 4) is 17.6 Å². The molecule has 1 aromatic heterocycles. The lowest BCUT2D eigenvalue weighted by Gasteiger charge is -2.63. The smallest absolute Gasteiger partial charge is 0.289 e. The molecule has 15 nitrogen and oxygen atoms in total. The van der Waals surface area contributed by atoms with Crippen molar-refractivity contribution < 1.29 is 28.7 Å². The van der Waals surface area contributed by atoms with E-state index in [1.807, 2.05) is 12.1 Å². The summed E-state index contributed by atoms with van der Waals surface area (Å²) in [6.07, 6.45) is 5.76. The summed E-state index contributed by atoms with van der Waals surface area (Å²) in [6, 6.07) is 14.4. The predicted molar refractivity (Wildman–Crippen MR) is 217 cm³/mol. The molecule has 4 aliphatic rings. The molecule has 15 heteroatoms. The van der Waals surface area contributed by atoms with Gasteiger partial charge in [0, 0.05) is 86.4 Å². The second-order valence-corrected chi connectivity index (χ2v) is 17.0. The van der Waals surface area contributed by atoms with Gasteiger partial charge >= 0.3 is 0 Å². The second-order valence-electron chi connectivity index (χ2n) is 17.0. The zero-order valence-electron chi connectivity index (χ0n) is 33.9. The number of carbonyl (C=O) groups excluding carboxylic acids is 4. The largest absolute Gasteiger partial charge is 0.495 e. The minimum absolute atomic E-state index is 0.0119. The maximum absolute atomic E-state index is 13.5. The Labute approximate surface area is 339 Å². The number of hydrogen-bond acceptors (Lipinski definition) is 12. The molecule has 2 aromatic carbocycles. The Balaban J connectivity index is 0.835. The average Bonchev–Trinajstić information content (AvgIpc) is 3.23. The Bertz CT molecular complexity index is 2030. The Morgan fingerprint density at radius 3 is 2.14 bits per heavy atom. The molecule has 306 valence electrons. The number of methoxy groups -OCH3 is 1. The van der Waals surface area contributed by atoms with Crippen LogP contribution in [0.25, 0.3) is 0 Å². The van der Waals surface area contributed by atoms with Gasteiger partial charge in [-0.2, -0.15) is 5.26 Å². The molecule has 1 atom stereocenters. The van der Waals surface area contributed by atoms with Gasteiger partial charge in [-0.3, -0.25) is 29.4 Å². The predicted octanol–water partition coefficient (Wildman–Crippen LogP) is 3.54. The van der Waals surface area contributed by atoms with Gasteiger partial charge in [-0.15, -0.1) is 0 Å². The van der Waals surface area contributed by atoms with E-state index in [2.05, 4.69) is 86.5 Å². The molecular weight excluding hydrogens is 739 g/mol. The zero-order chi connectivity index (χ0) is 41.2. The van der Waals surface area contributed by atoms with Crippen LogP contribution in [0, 0.1) is 28.1 Å². The summed E-state index contributed by atoms with van der Waals surface area (Å²) in [5.41, 5.74) is 2.37. The van der Waals surface area contributed by atoms with Crippen LogP contribution in [0.15, 0.2) is 54.9 Å². The van der Waals surface area contributed by atoms with Crippen molar-refractivity contribution in [2.75, 3.05) is 62.7 Å². The van der Waals surface area contributed by atoms with E-state index in [0.717, 1.165) is 70.0 Å². The molecule has 0 bridgehead atoms. The number of piperazine rings is 1. The number of nitrogens with one attached hydrogen (secondary N) is 3. The van der Waals surface area contributed by atoms with Gasteiger partial charge in [-0.1, -0.05) is 27.7 Å². The number of rotatable bonds is 11. The summed E-state index contributed by atoms with van der Waals surface area (Å²) in [6.45, 7) is 14.9. The summed E-state index contributed by atoms with van der Waals surface area (Å²) >= 11 is 0. The van der Waals surface area contributed by atoms with Gasteiger partial charge in [0.1, 0.15) is 29.7 Å². The number of aromatic nitrogens is 2. The molecule has 4 heterocycles. The Morgan fingerprint density at radius 2 is 1.52 bits per heavy atom. The topological polar surface area (TPSA) is 182 Å². The Kier molecular flexibility index (Phi) is 11.6. The van der Waals surface area contributed by atoms with Crippen LogP contribution in [0.3, 0.4) is 0 Å². The number of benzene rings is 2. The molecule has 3 N–H and O–H groups in total. The lowest BCUT2D eigenvalue weighted by Crippen LogP contribution is -2.74. The van der Waals surface area contributed by atoms with Crippen molar-refractivity contribution in [3.05, 3.63) is 71.8 Å². The van der Waals surface area contributed by atoms with Gasteiger partial charge < -0.3 is 29.9 Å². The molecule has 1 saturated carbocycles. The molecular formula is C43H53N9O6. The van der Waals surface area contributed by atoms with Gasteiger partial charge in [-0.25, -0.2) is 9.97 Å². The maximum Gasteiger partial charge on any atom is 0.289 e. The van der Waals surface area contributed by atoms with Crippen molar-refractivity contribution in [3.63, 3.8) is 0 Å². The maximum atomic E-state index is 13.5. The normalized spacial score (nSPS) is 23.2. The van der Waals surface area contributed by atoms with E-state index in [4.69, 9.17) is 9.47 Å². The van der Waals surface area contributed by atoms with E-state index in [1.54, 1.807) is 30.6 Å². The van der Waals surface area contributed by atoms with E-state index < -0.39 is 17.9 Å². The molecule has 58 heavy (non-hydrogen) atoms. The summed E-state index contributed by atoms with van der Waals surface area (Å²) < 4.78 is 11.8. The van der Waals surface area contributed by atoms with Crippen LogP contribution in [-0.4, -0.2) is 110 Å². The highest BCUT2D eigenvalue weighted by molar-refractivity contribution is 6.03. The highest BCUT2D eigenvalue weighted by Gasteiger charge is 2.64. The first-order chi connectivity index (χ1) is 27.8. The standard InChI is InChI=1S/C43H53N9O6/c1-42(2)40(43(3,4)41(42)58-32-11-8-29(23-44)34(22-32)57-5)49-37(54)28-6-9-30(10-7-28)51-16-14-27(15-17-51)26-50-18-20-52(21-19-50)31-24-45-36(46-25-31)39(56)47-33-12-13-35(53)48-38(33)55/h6-11,22,24-25,27,33,40-41H,12-21,26H2,1-5H3,(H,47,56)(H,49,54)(H,48,53,55). The van der Waals surface area contributed by atoms with Crippen molar-refractivity contribution >= 4 is 35.0 Å². The van der Waals surface area contributed by atoms with Gasteiger partial charge in [0.25, 0.3) is 11.8 Å². The van der Waals surface area contributed by atoms with E-state index in [0.29, 0.717) is 28.5 Å². The number of ether oxygens (including phenoxy) is 2. The van der Waals surface area contributed by atoms with E-state index in [1.165, 1.54) is 7.11 Å². The van der Waals surface area contributed by atoms with Crippen molar-refractivity contribution in [1.82, 2.24) is 30.8 Å². The third-order valence-corrected chi connectivity index (χ3v) is 12.4. The molecule has 7 rings (SSSR count). The van der Waals surface area contributed by atoms with Gasteiger partial charge in [0.2, 0.25) is 17.6 Å². The molecule has 0 radical (unpaired) electrons. The minimum Gasteiger partial charge on any atom is -0.495 e. The highest BCUT2D eigenvalue weighted by Crippen LogP contribution is 2.55. The van der Waals surface area contributed by atoms with Crippen LogP contribution >= 0.6 is 0 Å². The summed E-state index contributed by atoms with van der Waals surface area (Å²) in [7, 11) is 1.53. The molecule has 4 fully saturated rings. The van der Waals surface area contributed by atoms with Crippen LogP contribution < -0.4 is 35.2 Å². The first-order valence-electron chi connectivity index (χ1n) is 20.1. The third kappa shape index (κ3) is 8.43.